The number of urea groups is 1. The summed E-state index contributed by atoms with van der Waals surface area (Å²) in [6.45, 7) is 6.43. The number of amides is 3. The van der Waals surface area contributed by atoms with Crippen LogP contribution in [-0.2, 0) is 4.79 Å². The molecule has 1 atom stereocenters. The Balaban J connectivity index is 1.40. The number of carbonyl (C=O) groups excluding carboxylic acids is 2. The molecule has 3 amide bonds. The molecule has 0 radical (unpaired) electrons. The highest BCUT2D eigenvalue weighted by Crippen LogP contribution is 2.39. The van der Waals surface area contributed by atoms with Crippen LogP contribution in [0.2, 0.25) is 5.02 Å². The highest BCUT2D eigenvalue weighted by Gasteiger charge is 2.31. The first-order chi connectivity index (χ1) is 21.6. The van der Waals surface area contributed by atoms with Crippen LogP contribution in [0, 0.1) is 24.5 Å². The lowest BCUT2D eigenvalue weighted by Crippen LogP contribution is -2.44. The van der Waals surface area contributed by atoms with Crippen LogP contribution in [-0.4, -0.2) is 58.2 Å². The van der Waals surface area contributed by atoms with Crippen LogP contribution in [0.15, 0.2) is 52.4 Å². The zero-order chi connectivity index (χ0) is 32.1. The molecule has 5 N–H and O–H groups in total. The first-order valence-electron chi connectivity index (χ1n) is 14.8. The summed E-state index contributed by atoms with van der Waals surface area (Å²) >= 11 is 5.83. The van der Waals surface area contributed by atoms with Gasteiger partial charge < -0.3 is 26.6 Å². The van der Waals surface area contributed by atoms with E-state index in [1.165, 1.54) is 0 Å². The van der Waals surface area contributed by atoms with E-state index < -0.39 is 17.3 Å². The van der Waals surface area contributed by atoms with E-state index in [1.807, 2.05) is 34.9 Å². The lowest BCUT2D eigenvalue weighted by atomic mass is 9.85. The Hall–Kier alpha value is -4.52. The Bertz CT molecular complexity index is 1570. The number of nitrogens with one attached hydrogen (secondary N) is 3. The maximum atomic E-state index is 14.8. The Morgan fingerprint density at radius 1 is 1.07 bits per heavy atom. The number of carbonyl (C=O) groups is 2. The van der Waals surface area contributed by atoms with Crippen molar-refractivity contribution >= 4 is 59.4 Å². The number of aliphatic imine (C=N–C) groups is 2. The number of aromatic nitrogens is 2. The first-order valence-corrected chi connectivity index (χ1v) is 15.2. The number of rotatable bonds is 7. The van der Waals surface area contributed by atoms with E-state index in [0.29, 0.717) is 56.0 Å². The maximum absolute atomic E-state index is 14.8. The fourth-order valence-corrected chi connectivity index (χ4v) is 6.08. The molecule has 0 unspecified atom stereocenters. The molecule has 1 aliphatic carbocycles. The van der Waals surface area contributed by atoms with Crippen molar-refractivity contribution in [2.24, 2.45) is 21.6 Å². The van der Waals surface area contributed by atoms with Gasteiger partial charge in [0.25, 0.3) is 0 Å². The van der Waals surface area contributed by atoms with E-state index in [9.17, 15) is 18.4 Å². The van der Waals surface area contributed by atoms with Crippen LogP contribution in [0.25, 0.3) is 0 Å². The van der Waals surface area contributed by atoms with Gasteiger partial charge in [0.15, 0.2) is 11.6 Å². The lowest BCUT2D eigenvalue weighted by molar-refractivity contribution is -0.122. The second-order valence-corrected chi connectivity index (χ2v) is 11.7. The number of anilines is 4. The van der Waals surface area contributed by atoms with Crippen LogP contribution in [0.4, 0.5) is 36.7 Å². The van der Waals surface area contributed by atoms with E-state index in [4.69, 9.17) is 22.3 Å². The van der Waals surface area contributed by atoms with Gasteiger partial charge in [0.05, 0.1) is 11.7 Å². The molecular formula is C31H36ClF2N9O2. The monoisotopic (exact) mass is 639 g/mol. The van der Waals surface area contributed by atoms with E-state index >= 15 is 0 Å². The van der Waals surface area contributed by atoms with Gasteiger partial charge >= 0.3 is 6.03 Å². The van der Waals surface area contributed by atoms with Gasteiger partial charge in [0.1, 0.15) is 11.5 Å². The van der Waals surface area contributed by atoms with E-state index in [1.54, 1.807) is 11.8 Å². The van der Waals surface area contributed by atoms with Crippen LogP contribution in [0.1, 0.15) is 50.3 Å². The second-order valence-electron chi connectivity index (χ2n) is 11.3. The van der Waals surface area contributed by atoms with Crippen molar-refractivity contribution in [3.05, 3.63) is 64.8 Å². The number of likely N-dealkylation sites (tertiary alicyclic amines) is 1. The number of nitrogens with two attached hydrogens (primary N) is 1. The minimum absolute atomic E-state index is 0.0704. The Morgan fingerprint density at radius 2 is 1.76 bits per heavy atom. The highest BCUT2D eigenvalue weighted by atomic mass is 35.5. The van der Waals surface area contributed by atoms with Gasteiger partial charge in [0.2, 0.25) is 17.8 Å². The molecule has 0 bridgehead atoms. The molecule has 2 fully saturated rings. The number of nitrogens with zero attached hydrogens (tertiary/aromatic N) is 5. The Labute approximate surface area is 265 Å². The minimum atomic E-state index is -0.868. The predicted molar refractivity (Wildman–Crippen MR) is 172 cm³/mol. The van der Waals surface area contributed by atoms with Gasteiger partial charge in [-0.25, -0.2) is 28.5 Å². The topological polar surface area (TPSA) is 142 Å². The molecule has 0 spiro atoms. The molecule has 1 aliphatic heterocycles. The van der Waals surface area contributed by atoms with Crippen molar-refractivity contribution in [2.75, 3.05) is 29.0 Å². The molecule has 1 saturated carbocycles. The second kappa shape index (κ2) is 14.1. The van der Waals surface area contributed by atoms with Crippen molar-refractivity contribution in [3.8, 4) is 0 Å². The van der Waals surface area contributed by atoms with Crippen molar-refractivity contribution in [1.29, 1.82) is 0 Å². The van der Waals surface area contributed by atoms with Crippen LogP contribution >= 0.6 is 11.6 Å². The number of guanidine groups is 1. The molecule has 3 aromatic rings. The molecule has 5 rings (SSSR count). The molecule has 2 aromatic carbocycles. The fourth-order valence-electron chi connectivity index (χ4n) is 5.89. The minimum Gasteiger partial charge on any atom is -0.369 e. The first kappa shape index (κ1) is 31.9. The van der Waals surface area contributed by atoms with Crippen molar-refractivity contribution in [1.82, 2.24) is 14.5 Å². The third kappa shape index (κ3) is 7.59. The summed E-state index contributed by atoms with van der Waals surface area (Å²) in [4.78, 5) is 40.0. The molecule has 45 heavy (non-hydrogen) atoms. The van der Waals surface area contributed by atoms with Crippen LogP contribution in [0.3, 0.4) is 0 Å². The van der Waals surface area contributed by atoms with Crippen molar-refractivity contribution in [3.63, 3.8) is 0 Å². The summed E-state index contributed by atoms with van der Waals surface area (Å²) < 4.78 is 31.4. The van der Waals surface area contributed by atoms with E-state index in [2.05, 4.69) is 32.6 Å². The Kier molecular flexibility index (Phi) is 9.96. The molecule has 1 aromatic heterocycles. The van der Waals surface area contributed by atoms with Gasteiger partial charge in [-0.1, -0.05) is 29.8 Å². The molecule has 2 aliphatic rings. The summed E-state index contributed by atoms with van der Waals surface area (Å²) in [6, 6.07) is 10.6. The number of hydrogen-bond acceptors (Lipinski definition) is 5. The SMILES string of the molecule is C=NC(=N[C@@H]1CCCN(C(=O)Nc2ccccc2)C1)Nc1c(C)nc(Nc2c(F)cc(Cl)cc2F)n1C1CCC(C(N)=O)CC1. The number of primary amides is 1. The van der Waals surface area contributed by atoms with Crippen LogP contribution in [0.5, 0.6) is 0 Å². The van der Waals surface area contributed by atoms with Gasteiger partial charge in [-0.15, -0.1) is 0 Å². The number of imidazole rings is 1. The summed E-state index contributed by atoms with van der Waals surface area (Å²) in [5.74, 6) is -1.40. The van der Waals surface area contributed by atoms with Gasteiger partial charge in [-0.3, -0.25) is 9.36 Å². The summed E-state index contributed by atoms with van der Waals surface area (Å²) in [6.07, 6.45) is 3.79. The maximum Gasteiger partial charge on any atom is 0.321 e. The van der Waals surface area contributed by atoms with Crippen LogP contribution < -0.4 is 21.7 Å². The number of aryl methyl sites for hydroxylation is 1. The van der Waals surface area contributed by atoms with E-state index in [-0.39, 0.29) is 46.9 Å². The van der Waals surface area contributed by atoms with Gasteiger partial charge in [-0.05, 0) is 76.4 Å². The standard InChI is InChI=1S/C31H36ClF2N9O2/c1-18-28(41-29(36-2)38-22-9-6-14-42(17-22)31(45)39-21-7-4-3-5-8-21)43(23-12-10-19(11-13-23)27(35)44)30(37-18)40-26-24(33)15-20(32)16-25(26)34/h3-5,7-8,15-16,19,22-23H,2,6,9-14,17H2,1H3,(H2,35,44)(H,37,40)(H,38,41)(H,39,45)/t19?,22-,23?/m1/s1. The normalized spacial score (nSPS) is 20.4. The smallest absolute Gasteiger partial charge is 0.321 e. The number of para-hydroxylation sites is 1. The molecule has 11 nitrogen and oxygen atoms in total. The molecule has 2 heterocycles. The van der Waals surface area contributed by atoms with Crippen molar-refractivity contribution in [2.45, 2.75) is 57.5 Å². The quantitative estimate of drug-likeness (QED) is 0.179. The number of hydrogen-bond donors (Lipinski definition) is 4. The average Bonchev–Trinajstić information content (AvgIpc) is 3.33. The Morgan fingerprint density at radius 3 is 2.40 bits per heavy atom. The summed E-state index contributed by atoms with van der Waals surface area (Å²) in [7, 11) is 0. The third-order valence-corrected chi connectivity index (χ3v) is 8.41. The summed E-state index contributed by atoms with van der Waals surface area (Å²) in [5.41, 5.74) is 6.40. The number of benzene rings is 2. The highest BCUT2D eigenvalue weighted by molar-refractivity contribution is 6.30. The lowest BCUT2D eigenvalue weighted by Gasteiger charge is -2.31. The largest absolute Gasteiger partial charge is 0.369 e. The third-order valence-electron chi connectivity index (χ3n) is 8.19. The average molecular weight is 640 g/mol. The number of piperidine rings is 1. The molecule has 238 valence electrons. The van der Waals surface area contributed by atoms with Crippen molar-refractivity contribution < 1.29 is 18.4 Å². The van der Waals surface area contributed by atoms with E-state index in [0.717, 1.165) is 25.0 Å². The predicted octanol–water partition coefficient (Wildman–Crippen LogP) is 6.25. The summed E-state index contributed by atoms with van der Waals surface area (Å²) in [5, 5.41) is 8.89. The van der Waals surface area contributed by atoms with Gasteiger partial charge in [0, 0.05) is 35.8 Å². The molecule has 1 saturated heterocycles. The zero-order valence-electron chi connectivity index (χ0n) is 24.9. The fraction of sp³-hybridized carbons (Fsp3) is 0.387. The number of halogens is 3. The molecular weight excluding hydrogens is 604 g/mol. The molecule has 14 heteroatoms. The van der Waals surface area contributed by atoms with Gasteiger partial charge in [-0.2, -0.15) is 0 Å². The zero-order valence-corrected chi connectivity index (χ0v) is 25.7.